The average molecular weight is 241 g/mol. The molecule has 1 heterocycles. The van der Waals surface area contributed by atoms with Crippen molar-refractivity contribution in [3.8, 4) is 0 Å². The first-order chi connectivity index (χ1) is 7.56. The lowest BCUT2D eigenvalue weighted by Gasteiger charge is -2.16. The first kappa shape index (κ1) is 13.1. The van der Waals surface area contributed by atoms with Crippen molar-refractivity contribution >= 4 is 22.4 Å². The van der Waals surface area contributed by atoms with Crippen molar-refractivity contribution in [2.75, 3.05) is 18.4 Å². The molecule has 90 valence electrons. The fourth-order valence-electron chi connectivity index (χ4n) is 1.43. The molecule has 0 atom stereocenters. The molecule has 0 unspecified atom stereocenters. The quantitative estimate of drug-likeness (QED) is 0.860. The number of anilines is 1. The van der Waals surface area contributed by atoms with Crippen LogP contribution >= 0.6 is 11.3 Å². The number of rotatable bonds is 5. The van der Waals surface area contributed by atoms with E-state index in [1.165, 1.54) is 11.8 Å². The van der Waals surface area contributed by atoms with E-state index in [0.717, 1.165) is 25.3 Å². The third-order valence-electron chi connectivity index (χ3n) is 2.44. The van der Waals surface area contributed by atoms with Crippen LogP contribution in [0, 0.1) is 6.92 Å². The molecule has 1 aromatic heterocycles. The molecule has 0 saturated carbocycles. The first-order valence-corrected chi connectivity index (χ1v) is 6.34. The van der Waals surface area contributed by atoms with Crippen LogP contribution in [-0.4, -0.2) is 28.9 Å². The normalized spacial score (nSPS) is 10.8. The van der Waals surface area contributed by atoms with Gasteiger partial charge in [0.15, 0.2) is 5.13 Å². The SMILES string of the molecule is CCN(CC)Cc1sc(NC(C)=O)nc1C. The van der Waals surface area contributed by atoms with Crippen LogP contribution in [0.5, 0.6) is 0 Å². The molecule has 1 aromatic rings. The van der Waals surface area contributed by atoms with Gasteiger partial charge in [-0.15, -0.1) is 11.3 Å². The van der Waals surface area contributed by atoms with E-state index in [4.69, 9.17) is 0 Å². The molecule has 16 heavy (non-hydrogen) atoms. The lowest BCUT2D eigenvalue weighted by molar-refractivity contribution is -0.114. The summed E-state index contributed by atoms with van der Waals surface area (Å²) >= 11 is 1.56. The average Bonchev–Trinajstić information content (AvgIpc) is 2.54. The number of carbonyl (C=O) groups is 1. The minimum atomic E-state index is -0.0665. The monoisotopic (exact) mass is 241 g/mol. The highest BCUT2D eigenvalue weighted by molar-refractivity contribution is 7.15. The van der Waals surface area contributed by atoms with Gasteiger partial charge in [0.25, 0.3) is 0 Å². The molecule has 1 N–H and O–H groups in total. The number of nitrogens with one attached hydrogen (secondary N) is 1. The van der Waals surface area contributed by atoms with Crippen molar-refractivity contribution in [3.63, 3.8) is 0 Å². The van der Waals surface area contributed by atoms with Gasteiger partial charge in [0.2, 0.25) is 5.91 Å². The van der Waals surface area contributed by atoms with Gasteiger partial charge in [-0.3, -0.25) is 9.69 Å². The predicted molar refractivity (Wildman–Crippen MR) is 67.8 cm³/mol. The number of carbonyl (C=O) groups excluding carboxylic acids is 1. The topological polar surface area (TPSA) is 45.2 Å². The maximum Gasteiger partial charge on any atom is 0.223 e. The standard InChI is InChI=1S/C11H19N3OS/c1-5-14(6-2)7-10-8(3)12-11(16-10)13-9(4)15/h5-7H2,1-4H3,(H,12,13,15). The molecule has 0 radical (unpaired) electrons. The van der Waals surface area contributed by atoms with Crippen molar-refractivity contribution in [1.82, 2.24) is 9.88 Å². The Labute approximate surface area is 101 Å². The predicted octanol–water partition coefficient (Wildman–Crippen LogP) is 2.25. The van der Waals surface area contributed by atoms with Crippen LogP contribution in [-0.2, 0) is 11.3 Å². The molecule has 1 amide bonds. The fourth-order valence-corrected chi connectivity index (χ4v) is 2.48. The Bertz CT molecular complexity index is 358. The third kappa shape index (κ3) is 3.57. The Hall–Kier alpha value is -0.940. The summed E-state index contributed by atoms with van der Waals surface area (Å²) in [7, 11) is 0. The van der Waals surface area contributed by atoms with Crippen molar-refractivity contribution < 1.29 is 4.79 Å². The molecular weight excluding hydrogens is 222 g/mol. The molecule has 0 spiro atoms. The van der Waals surface area contributed by atoms with Gasteiger partial charge in [-0.1, -0.05) is 13.8 Å². The molecule has 0 aliphatic heterocycles. The van der Waals surface area contributed by atoms with Gasteiger partial charge < -0.3 is 5.32 Å². The molecular formula is C11H19N3OS. The summed E-state index contributed by atoms with van der Waals surface area (Å²) in [5, 5.41) is 3.43. The van der Waals surface area contributed by atoms with Gasteiger partial charge in [-0.25, -0.2) is 4.98 Å². The second kappa shape index (κ2) is 5.96. The van der Waals surface area contributed by atoms with Crippen LogP contribution in [0.3, 0.4) is 0 Å². The van der Waals surface area contributed by atoms with E-state index in [1.807, 2.05) is 6.92 Å². The number of amides is 1. The van der Waals surface area contributed by atoms with E-state index in [1.54, 1.807) is 11.3 Å². The van der Waals surface area contributed by atoms with E-state index >= 15 is 0 Å². The molecule has 5 heteroatoms. The summed E-state index contributed by atoms with van der Waals surface area (Å²) in [6.45, 7) is 10.8. The maximum atomic E-state index is 10.9. The van der Waals surface area contributed by atoms with Gasteiger partial charge in [-0.05, 0) is 20.0 Å². The minimum absolute atomic E-state index is 0.0665. The summed E-state index contributed by atoms with van der Waals surface area (Å²) in [5.41, 5.74) is 1.01. The van der Waals surface area contributed by atoms with E-state index in [9.17, 15) is 4.79 Å². The highest BCUT2D eigenvalue weighted by Crippen LogP contribution is 2.23. The zero-order valence-electron chi connectivity index (χ0n) is 10.3. The lowest BCUT2D eigenvalue weighted by atomic mass is 10.3. The van der Waals surface area contributed by atoms with Crippen LogP contribution in [0.25, 0.3) is 0 Å². The zero-order chi connectivity index (χ0) is 12.1. The molecule has 0 aromatic carbocycles. The first-order valence-electron chi connectivity index (χ1n) is 5.53. The van der Waals surface area contributed by atoms with Crippen molar-refractivity contribution in [2.24, 2.45) is 0 Å². The summed E-state index contributed by atoms with van der Waals surface area (Å²) in [6, 6.07) is 0. The van der Waals surface area contributed by atoms with Crippen LogP contribution in [0.4, 0.5) is 5.13 Å². The van der Waals surface area contributed by atoms with Gasteiger partial charge in [0, 0.05) is 18.3 Å². The molecule has 4 nitrogen and oxygen atoms in total. The number of thiazole rings is 1. The van der Waals surface area contributed by atoms with Gasteiger partial charge >= 0.3 is 0 Å². The Morgan fingerprint density at radius 2 is 2.06 bits per heavy atom. The largest absolute Gasteiger partial charge is 0.302 e. The lowest BCUT2D eigenvalue weighted by Crippen LogP contribution is -2.21. The van der Waals surface area contributed by atoms with E-state index in [0.29, 0.717) is 5.13 Å². The Kier molecular flexibility index (Phi) is 4.89. The van der Waals surface area contributed by atoms with E-state index < -0.39 is 0 Å². The second-order valence-corrected chi connectivity index (χ2v) is 4.75. The Morgan fingerprint density at radius 3 is 2.56 bits per heavy atom. The van der Waals surface area contributed by atoms with Crippen LogP contribution in [0.1, 0.15) is 31.3 Å². The summed E-state index contributed by atoms with van der Waals surface area (Å²) < 4.78 is 0. The van der Waals surface area contributed by atoms with E-state index in [-0.39, 0.29) is 5.91 Å². The number of nitrogens with zero attached hydrogens (tertiary/aromatic N) is 2. The summed E-state index contributed by atoms with van der Waals surface area (Å²) in [4.78, 5) is 18.8. The van der Waals surface area contributed by atoms with Gasteiger partial charge in [-0.2, -0.15) is 0 Å². The maximum absolute atomic E-state index is 10.9. The van der Waals surface area contributed by atoms with Crippen molar-refractivity contribution in [3.05, 3.63) is 10.6 Å². The number of aromatic nitrogens is 1. The highest BCUT2D eigenvalue weighted by Gasteiger charge is 2.10. The summed E-state index contributed by atoms with van der Waals surface area (Å²) in [6.07, 6.45) is 0. The van der Waals surface area contributed by atoms with Crippen LogP contribution < -0.4 is 5.32 Å². The minimum Gasteiger partial charge on any atom is -0.302 e. The van der Waals surface area contributed by atoms with Gasteiger partial charge in [0.1, 0.15) is 0 Å². The third-order valence-corrected chi connectivity index (χ3v) is 3.49. The van der Waals surface area contributed by atoms with Crippen molar-refractivity contribution in [1.29, 1.82) is 0 Å². The number of hydrogen-bond donors (Lipinski definition) is 1. The molecule has 0 fully saturated rings. The smallest absolute Gasteiger partial charge is 0.223 e. The van der Waals surface area contributed by atoms with Crippen LogP contribution in [0.2, 0.25) is 0 Å². The fraction of sp³-hybridized carbons (Fsp3) is 0.636. The molecule has 0 bridgehead atoms. The Morgan fingerprint density at radius 1 is 1.44 bits per heavy atom. The number of hydrogen-bond acceptors (Lipinski definition) is 4. The molecule has 0 saturated heterocycles. The Balaban J connectivity index is 2.73. The van der Waals surface area contributed by atoms with Crippen molar-refractivity contribution in [2.45, 2.75) is 34.2 Å². The molecule has 1 rings (SSSR count). The van der Waals surface area contributed by atoms with E-state index in [2.05, 4.69) is 29.0 Å². The van der Waals surface area contributed by atoms with Crippen LogP contribution in [0.15, 0.2) is 0 Å². The van der Waals surface area contributed by atoms with Gasteiger partial charge in [0.05, 0.1) is 5.69 Å². The second-order valence-electron chi connectivity index (χ2n) is 3.67. The molecule has 0 aliphatic carbocycles. The molecule has 0 aliphatic rings. The zero-order valence-corrected chi connectivity index (χ0v) is 11.1. The highest BCUT2D eigenvalue weighted by atomic mass is 32.1. The summed E-state index contributed by atoms with van der Waals surface area (Å²) in [5.74, 6) is -0.0665. The number of aryl methyl sites for hydroxylation is 1.